The first-order chi connectivity index (χ1) is 9.10. The first-order valence-corrected chi connectivity index (χ1v) is 6.64. The molecule has 104 valence electrons. The van der Waals surface area contributed by atoms with Gasteiger partial charge in [-0.1, -0.05) is 6.92 Å². The molecule has 1 aromatic rings. The van der Waals surface area contributed by atoms with Crippen molar-refractivity contribution >= 4 is 11.9 Å². The summed E-state index contributed by atoms with van der Waals surface area (Å²) in [6.07, 6.45) is 1.00. The molecular weight excluding hydrogens is 244 g/mol. The molecule has 1 aliphatic rings. The van der Waals surface area contributed by atoms with Gasteiger partial charge in [0.05, 0.1) is 12.1 Å². The van der Waals surface area contributed by atoms with E-state index in [2.05, 4.69) is 27.1 Å². The average Bonchev–Trinajstić information content (AvgIpc) is 2.38. The molecule has 0 aromatic carbocycles. The molecular formula is C13H20N4O2. The molecule has 2 rings (SSSR count). The number of carboxylic acid groups (broad SMARTS) is 1. The summed E-state index contributed by atoms with van der Waals surface area (Å²) in [5, 5.41) is 11.6. The number of hydrogen-bond donors (Lipinski definition) is 2. The van der Waals surface area contributed by atoms with Crippen LogP contribution in [0.15, 0.2) is 0 Å². The van der Waals surface area contributed by atoms with Gasteiger partial charge in [0.15, 0.2) is 0 Å². The Balaban J connectivity index is 2.09. The zero-order valence-corrected chi connectivity index (χ0v) is 11.4. The van der Waals surface area contributed by atoms with E-state index in [1.807, 2.05) is 6.92 Å². The number of carboxylic acids is 1. The van der Waals surface area contributed by atoms with E-state index in [1.165, 1.54) is 5.56 Å². The standard InChI is InChI=1S/C13H20N4O2/c1-3-17-7-5-11-10(8-17)9(2)15-13(16-11)14-6-4-12(18)19/h3-8H2,1-2H3,(H,18,19)(H,14,15,16). The maximum atomic E-state index is 10.5. The predicted octanol–water partition coefficient (Wildman–Crippen LogP) is 1.05. The van der Waals surface area contributed by atoms with Crippen LogP contribution in [-0.4, -0.2) is 45.6 Å². The number of nitrogens with one attached hydrogen (secondary N) is 1. The van der Waals surface area contributed by atoms with E-state index in [1.54, 1.807) is 0 Å². The van der Waals surface area contributed by atoms with Gasteiger partial charge in [-0.15, -0.1) is 0 Å². The molecule has 1 aliphatic heterocycles. The van der Waals surface area contributed by atoms with Gasteiger partial charge in [0.25, 0.3) is 0 Å². The van der Waals surface area contributed by atoms with Gasteiger partial charge in [-0.3, -0.25) is 9.69 Å². The molecule has 1 aromatic heterocycles. The summed E-state index contributed by atoms with van der Waals surface area (Å²) in [5.74, 6) is -0.275. The lowest BCUT2D eigenvalue weighted by atomic mass is 10.0. The number of anilines is 1. The second kappa shape index (κ2) is 5.97. The minimum atomic E-state index is -0.819. The van der Waals surface area contributed by atoms with Crippen LogP contribution < -0.4 is 5.32 Å². The van der Waals surface area contributed by atoms with Crippen LogP contribution in [0, 0.1) is 6.92 Å². The third-order valence-electron chi connectivity index (χ3n) is 3.42. The van der Waals surface area contributed by atoms with Crippen molar-refractivity contribution in [2.75, 3.05) is 25.0 Å². The number of likely N-dealkylation sites (N-methyl/N-ethyl adjacent to an activating group) is 1. The van der Waals surface area contributed by atoms with Gasteiger partial charge in [0.1, 0.15) is 0 Å². The Bertz CT molecular complexity index is 476. The van der Waals surface area contributed by atoms with Crippen LogP contribution in [0.4, 0.5) is 5.95 Å². The molecule has 0 radical (unpaired) electrons. The summed E-state index contributed by atoms with van der Waals surface area (Å²) in [5.41, 5.74) is 3.30. The minimum Gasteiger partial charge on any atom is -0.481 e. The highest BCUT2D eigenvalue weighted by molar-refractivity contribution is 5.67. The molecule has 6 nitrogen and oxygen atoms in total. The summed E-state index contributed by atoms with van der Waals surface area (Å²) >= 11 is 0. The zero-order chi connectivity index (χ0) is 13.8. The summed E-state index contributed by atoms with van der Waals surface area (Å²) in [6, 6.07) is 0. The van der Waals surface area contributed by atoms with Crippen LogP contribution in [-0.2, 0) is 17.8 Å². The fourth-order valence-corrected chi connectivity index (χ4v) is 2.26. The fraction of sp³-hybridized carbons (Fsp3) is 0.615. The normalized spacial score (nSPS) is 15.1. The molecule has 0 amide bonds. The number of carbonyl (C=O) groups is 1. The van der Waals surface area contributed by atoms with Crippen molar-refractivity contribution in [2.24, 2.45) is 0 Å². The molecule has 6 heteroatoms. The van der Waals surface area contributed by atoms with E-state index < -0.39 is 5.97 Å². The van der Waals surface area contributed by atoms with Crippen LogP contribution in [0.5, 0.6) is 0 Å². The Labute approximate surface area is 112 Å². The summed E-state index contributed by atoms with van der Waals surface area (Å²) in [7, 11) is 0. The lowest BCUT2D eigenvalue weighted by Gasteiger charge is -2.27. The molecule has 0 unspecified atom stereocenters. The Kier molecular flexibility index (Phi) is 4.31. The second-order valence-electron chi connectivity index (χ2n) is 4.75. The summed E-state index contributed by atoms with van der Waals surface area (Å²) in [4.78, 5) is 21.8. The van der Waals surface area contributed by atoms with Crippen molar-refractivity contribution in [1.82, 2.24) is 14.9 Å². The van der Waals surface area contributed by atoms with E-state index in [0.29, 0.717) is 12.5 Å². The van der Waals surface area contributed by atoms with Crippen LogP contribution >= 0.6 is 0 Å². The lowest BCUT2D eigenvalue weighted by Crippen LogP contribution is -2.32. The number of rotatable bonds is 5. The zero-order valence-electron chi connectivity index (χ0n) is 11.4. The highest BCUT2D eigenvalue weighted by Crippen LogP contribution is 2.20. The number of fused-ring (bicyclic) bond motifs is 1. The van der Waals surface area contributed by atoms with Crippen molar-refractivity contribution in [2.45, 2.75) is 33.2 Å². The van der Waals surface area contributed by atoms with E-state index in [-0.39, 0.29) is 6.42 Å². The predicted molar refractivity (Wildman–Crippen MR) is 72.2 cm³/mol. The molecule has 0 bridgehead atoms. The number of aryl methyl sites for hydroxylation is 1. The largest absolute Gasteiger partial charge is 0.481 e. The minimum absolute atomic E-state index is 0.0725. The highest BCUT2D eigenvalue weighted by Gasteiger charge is 2.19. The Hall–Kier alpha value is -1.69. The van der Waals surface area contributed by atoms with E-state index in [4.69, 9.17) is 5.11 Å². The van der Waals surface area contributed by atoms with Crippen LogP contribution in [0.25, 0.3) is 0 Å². The quantitative estimate of drug-likeness (QED) is 0.827. The van der Waals surface area contributed by atoms with Crippen molar-refractivity contribution in [3.8, 4) is 0 Å². The van der Waals surface area contributed by atoms with Crippen molar-refractivity contribution < 1.29 is 9.90 Å². The summed E-state index contributed by atoms with van der Waals surface area (Å²) in [6.45, 7) is 7.47. The third-order valence-corrected chi connectivity index (χ3v) is 3.42. The van der Waals surface area contributed by atoms with Gasteiger partial charge in [-0.05, 0) is 13.5 Å². The first kappa shape index (κ1) is 13.7. The van der Waals surface area contributed by atoms with Crippen molar-refractivity contribution in [3.63, 3.8) is 0 Å². The van der Waals surface area contributed by atoms with Crippen LogP contribution in [0.1, 0.15) is 30.3 Å². The number of hydrogen-bond acceptors (Lipinski definition) is 5. The average molecular weight is 264 g/mol. The molecule has 0 aliphatic carbocycles. The molecule has 0 spiro atoms. The van der Waals surface area contributed by atoms with E-state index in [0.717, 1.165) is 37.4 Å². The number of nitrogens with zero attached hydrogens (tertiary/aromatic N) is 3. The molecule has 0 fully saturated rings. The van der Waals surface area contributed by atoms with Crippen LogP contribution in [0.2, 0.25) is 0 Å². The Morgan fingerprint density at radius 1 is 1.47 bits per heavy atom. The maximum absolute atomic E-state index is 10.5. The van der Waals surface area contributed by atoms with E-state index in [9.17, 15) is 4.79 Å². The molecule has 2 N–H and O–H groups in total. The molecule has 2 heterocycles. The summed E-state index contributed by atoms with van der Waals surface area (Å²) < 4.78 is 0. The van der Waals surface area contributed by atoms with Crippen molar-refractivity contribution in [3.05, 3.63) is 17.0 Å². The van der Waals surface area contributed by atoms with Gasteiger partial charge in [0.2, 0.25) is 5.95 Å². The molecule has 0 saturated carbocycles. The van der Waals surface area contributed by atoms with Crippen LogP contribution in [0.3, 0.4) is 0 Å². The van der Waals surface area contributed by atoms with Crippen molar-refractivity contribution in [1.29, 1.82) is 0 Å². The highest BCUT2D eigenvalue weighted by atomic mass is 16.4. The second-order valence-corrected chi connectivity index (χ2v) is 4.75. The molecule has 0 saturated heterocycles. The smallest absolute Gasteiger partial charge is 0.305 e. The molecule has 0 atom stereocenters. The lowest BCUT2D eigenvalue weighted by molar-refractivity contribution is -0.136. The maximum Gasteiger partial charge on any atom is 0.305 e. The van der Waals surface area contributed by atoms with Gasteiger partial charge in [-0.25, -0.2) is 9.97 Å². The SMILES string of the molecule is CCN1CCc2nc(NCCC(=O)O)nc(C)c2C1. The first-order valence-electron chi connectivity index (χ1n) is 6.64. The fourth-order valence-electron chi connectivity index (χ4n) is 2.26. The van der Waals surface area contributed by atoms with Gasteiger partial charge in [0, 0.05) is 37.3 Å². The van der Waals surface area contributed by atoms with Gasteiger partial charge < -0.3 is 10.4 Å². The Morgan fingerprint density at radius 2 is 2.26 bits per heavy atom. The molecule has 19 heavy (non-hydrogen) atoms. The van der Waals surface area contributed by atoms with Gasteiger partial charge in [-0.2, -0.15) is 0 Å². The number of aromatic nitrogens is 2. The topological polar surface area (TPSA) is 78.4 Å². The van der Waals surface area contributed by atoms with E-state index >= 15 is 0 Å². The Morgan fingerprint density at radius 3 is 2.95 bits per heavy atom. The third kappa shape index (κ3) is 3.41. The monoisotopic (exact) mass is 264 g/mol. The number of aliphatic carboxylic acids is 1. The van der Waals surface area contributed by atoms with Gasteiger partial charge >= 0.3 is 5.97 Å².